The number of carbonyl (C=O) groups is 1. The molecular formula is C10H19NO2. The topological polar surface area (TPSA) is 38.3 Å². The Kier molecular flexibility index (Phi) is 2.84. The van der Waals surface area contributed by atoms with E-state index in [-0.39, 0.29) is 11.7 Å². The van der Waals surface area contributed by atoms with Gasteiger partial charge in [-0.25, -0.2) is 4.79 Å². The van der Waals surface area contributed by atoms with Gasteiger partial charge in [0.25, 0.3) is 0 Å². The first kappa shape index (κ1) is 10.4. The Bertz CT molecular complexity index is 191. The molecule has 1 N–H and O–H groups in total. The maximum Gasteiger partial charge on any atom is 0.407 e. The first-order valence-electron chi connectivity index (χ1n) is 4.96. The average Bonchev–Trinajstić information content (AvgIpc) is 2.03. The molecule has 1 fully saturated rings. The van der Waals surface area contributed by atoms with Crippen molar-refractivity contribution < 1.29 is 9.53 Å². The van der Waals surface area contributed by atoms with Gasteiger partial charge in [-0.3, -0.25) is 0 Å². The third-order valence-electron chi connectivity index (χ3n) is 3.02. The summed E-state index contributed by atoms with van der Waals surface area (Å²) in [5.74, 6) is 0.747. The molecule has 13 heavy (non-hydrogen) atoms. The fourth-order valence-corrected chi connectivity index (χ4v) is 2.10. The van der Waals surface area contributed by atoms with Gasteiger partial charge >= 0.3 is 6.09 Å². The number of carbonyl (C=O) groups excluding carboxylic acids is 1. The lowest BCUT2D eigenvalue weighted by Gasteiger charge is -2.43. The van der Waals surface area contributed by atoms with E-state index in [9.17, 15) is 4.79 Å². The maximum absolute atomic E-state index is 11.2. The second kappa shape index (κ2) is 3.56. The number of hydrogen-bond acceptors (Lipinski definition) is 2. The van der Waals surface area contributed by atoms with Crippen LogP contribution in [0, 0.1) is 11.8 Å². The van der Waals surface area contributed by atoms with Crippen molar-refractivity contribution >= 4 is 6.09 Å². The van der Waals surface area contributed by atoms with Crippen LogP contribution in [-0.4, -0.2) is 18.2 Å². The van der Waals surface area contributed by atoms with E-state index in [1.54, 1.807) is 0 Å². The van der Waals surface area contributed by atoms with Gasteiger partial charge in [-0.15, -0.1) is 0 Å². The monoisotopic (exact) mass is 185 g/mol. The highest BCUT2D eigenvalue weighted by atomic mass is 16.6. The van der Waals surface area contributed by atoms with Gasteiger partial charge in [0.1, 0.15) is 5.60 Å². The van der Waals surface area contributed by atoms with Gasteiger partial charge in [0.15, 0.2) is 0 Å². The summed E-state index contributed by atoms with van der Waals surface area (Å²) in [4.78, 5) is 11.2. The van der Waals surface area contributed by atoms with Crippen molar-refractivity contribution in [2.24, 2.45) is 11.8 Å². The van der Waals surface area contributed by atoms with Crippen molar-refractivity contribution in [1.82, 2.24) is 5.32 Å². The van der Waals surface area contributed by atoms with Crippen LogP contribution < -0.4 is 5.32 Å². The Morgan fingerprint density at radius 3 is 2.15 bits per heavy atom. The lowest BCUT2D eigenvalue weighted by Crippen LogP contribution is -2.53. The molecule has 0 aromatic carbocycles. The Morgan fingerprint density at radius 1 is 1.31 bits per heavy atom. The van der Waals surface area contributed by atoms with Crippen LogP contribution in [0.25, 0.3) is 0 Å². The Hall–Kier alpha value is -0.730. The number of nitrogens with one attached hydrogen (secondary N) is 1. The molecule has 1 aliphatic rings. The molecule has 1 saturated heterocycles. The van der Waals surface area contributed by atoms with Gasteiger partial charge < -0.3 is 10.1 Å². The van der Waals surface area contributed by atoms with E-state index in [2.05, 4.69) is 33.0 Å². The molecule has 0 radical (unpaired) electrons. The van der Waals surface area contributed by atoms with Crippen molar-refractivity contribution in [3.8, 4) is 0 Å². The Labute approximate surface area is 79.8 Å². The first-order chi connectivity index (χ1) is 5.99. The van der Waals surface area contributed by atoms with Crippen molar-refractivity contribution in [2.45, 2.75) is 39.7 Å². The number of rotatable bonds is 2. The van der Waals surface area contributed by atoms with Crippen LogP contribution in [0.3, 0.4) is 0 Å². The summed E-state index contributed by atoms with van der Waals surface area (Å²) < 4.78 is 5.45. The summed E-state index contributed by atoms with van der Waals surface area (Å²) in [7, 11) is 0. The SMILES string of the molecule is CC(C)C1(C(C)C)CCNC(=O)O1. The third kappa shape index (κ3) is 1.79. The summed E-state index contributed by atoms with van der Waals surface area (Å²) in [5, 5.41) is 2.69. The fourth-order valence-electron chi connectivity index (χ4n) is 2.10. The third-order valence-corrected chi connectivity index (χ3v) is 3.02. The predicted octanol–water partition coefficient (Wildman–Crippen LogP) is 2.17. The Balaban J connectivity index is 2.83. The molecule has 0 bridgehead atoms. The largest absolute Gasteiger partial charge is 0.442 e. The van der Waals surface area contributed by atoms with Gasteiger partial charge in [0.2, 0.25) is 0 Å². The van der Waals surface area contributed by atoms with Crippen molar-refractivity contribution in [1.29, 1.82) is 0 Å². The van der Waals surface area contributed by atoms with Crippen molar-refractivity contribution in [3.63, 3.8) is 0 Å². The van der Waals surface area contributed by atoms with Crippen LogP contribution in [0.5, 0.6) is 0 Å². The van der Waals surface area contributed by atoms with E-state index in [0.29, 0.717) is 11.8 Å². The number of amides is 1. The molecule has 0 unspecified atom stereocenters. The fraction of sp³-hybridized carbons (Fsp3) is 0.900. The predicted molar refractivity (Wildman–Crippen MR) is 51.5 cm³/mol. The molecule has 0 saturated carbocycles. The molecule has 0 aliphatic carbocycles. The van der Waals surface area contributed by atoms with E-state index in [1.807, 2.05) is 0 Å². The molecule has 1 amide bonds. The smallest absolute Gasteiger partial charge is 0.407 e. The zero-order valence-electron chi connectivity index (χ0n) is 8.89. The number of alkyl carbamates (subject to hydrolysis) is 1. The summed E-state index contributed by atoms with van der Waals surface area (Å²) >= 11 is 0. The summed E-state index contributed by atoms with van der Waals surface area (Å²) in [6.45, 7) is 9.17. The highest BCUT2D eigenvalue weighted by Gasteiger charge is 2.43. The zero-order chi connectivity index (χ0) is 10.1. The molecule has 1 heterocycles. The summed E-state index contributed by atoms with van der Waals surface area (Å²) in [5.41, 5.74) is -0.262. The van der Waals surface area contributed by atoms with Crippen LogP contribution in [0.15, 0.2) is 0 Å². The zero-order valence-corrected chi connectivity index (χ0v) is 8.89. The maximum atomic E-state index is 11.2. The van der Waals surface area contributed by atoms with E-state index < -0.39 is 0 Å². The van der Waals surface area contributed by atoms with Gasteiger partial charge in [-0.1, -0.05) is 27.7 Å². The summed E-state index contributed by atoms with van der Waals surface area (Å²) in [6, 6.07) is 0. The Morgan fingerprint density at radius 2 is 1.85 bits per heavy atom. The van der Waals surface area contributed by atoms with Gasteiger partial charge in [0, 0.05) is 13.0 Å². The van der Waals surface area contributed by atoms with Crippen LogP contribution in [0.1, 0.15) is 34.1 Å². The molecule has 3 heteroatoms. The molecule has 1 rings (SSSR count). The minimum absolute atomic E-state index is 0.262. The quantitative estimate of drug-likeness (QED) is 0.716. The number of ether oxygens (including phenoxy) is 1. The molecule has 76 valence electrons. The minimum atomic E-state index is -0.270. The molecule has 1 aliphatic heterocycles. The van der Waals surface area contributed by atoms with Gasteiger partial charge in [0.05, 0.1) is 0 Å². The van der Waals surface area contributed by atoms with Crippen LogP contribution >= 0.6 is 0 Å². The average molecular weight is 185 g/mol. The number of hydrogen-bond donors (Lipinski definition) is 1. The van der Waals surface area contributed by atoms with Crippen LogP contribution in [-0.2, 0) is 4.74 Å². The lowest BCUT2D eigenvalue weighted by molar-refractivity contribution is -0.0786. The molecule has 0 aromatic heterocycles. The van der Waals surface area contributed by atoms with E-state index in [0.717, 1.165) is 13.0 Å². The standard InChI is InChI=1S/C10H19NO2/c1-7(2)10(8(3)4)5-6-11-9(12)13-10/h7-8H,5-6H2,1-4H3,(H,11,12). The summed E-state index contributed by atoms with van der Waals surface area (Å²) in [6.07, 6.45) is 0.641. The lowest BCUT2D eigenvalue weighted by atomic mass is 9.77. The minimum Gasteiger partial charge on any atom is -0.442 e. The van der Waals surface area contributed by atoms with Crippen LogP contribution in [0.4, 0.5) is 4.79 Å². The first-order valence-corrected chi connectivity index (χ1v) is 4.96. The van der Waals surface area contributed by atoms with E-state index in [4.69, 9.17) is 4.74 Å². The number of cyclic esters (lactones) is 1. The molecule has 3 nitrogen and oxygen atoms in total. The van der Waals surface area contributed by atoms with Gasteiger partial charge in [-0.05, 0) is 11.8 Å². The van der Waals surface area contributed by atoms with Gasteiger partial charge in [-0.2, -0.15) is 0 Å². The molecule has 0 aromatic rings. The second-order valence-corrected chi connectivity index (χ2v) is 4.33. The van der Waals surface area contributed by atoms with E-state index in [1.165, 1.54) is 0 Å². The molecular weight excluding hydrogens is 166 g/mol. The normalized spacial score (nSPS) is 21.5. The van der Waals surface area contributed by atoms with Crippen LogP contribution in [0.2, 0.25) is 0 Å². The molecule has 0 atom stereocenters. The second-order valence-electron chi connectivity index (χ2n) is 4.33. The molecule has 0 spiro atoms. The highest BCUT2D eigenvalue weighted by molar-refractivity contribution is 5.68. The van der Waals surface area contributed by atoms with E-state index >= 15 is 0 Å². The van der Waals surface area contributed by atoms with Crippen molar-refractivity contribution in [2.75, 3.05) is 6.54 Å². The van der Waals surface area contributed by atoms with Crippen molar-refractivity contribution in [3.05, 3.63) is 0 Å². The highest BCUT2D eigenvalue weighted by Crippen LogP contribution is 2.35.